The molecule has 0 spiro atoms. The Balaban J connectivity index is 1.57. The van der Waals surface area contributed by atoms with Crippen molar-refractivity contribution in [3.63, 3.8) is 0 Å². The minimum absolute atomic E-state index is 0.568. The number of hydrogen-bond donors (Lipinski definition) is 1. The summed E-state index contributed by atoms with van der Waals surface area (Å²) in [5.74, 6) is 0. The molecule has 112 valence electrons. The second kappa shape index (κ2) is 6.22. The lowest BCUT2D eigenvalue weighted by atomic mass is 10.0. The van der Waals surface area contributed by atoms with E-state index in [1.54, 1.807) is 11.0 Å². The number of benzene rings is 1. The van der Waals surface area contributed by atoms with E-state index in [1.807, 2.05) is 12.1 Å². The topological polar surface area (TPSA) is 58.9 Å². The maximum absolute atomic E-state index is 3.89. The van der Waals surface area contributed by atoms with Gasteiger partial charge >= 0.3 is 0 Å². The van der Waals surface area contributed by atoms with Gasteiger partial charge in [-0.1, -0.05) is 0 Å². The van der Waals surface area contributed by atoms with E-state index >= 15 is 0 Å². The standard InChI is InChI=1S/C15H22N6/c1-12(2)20-9-7-14(8-10-20)17-13-3-5-15(6-4-13)21-11-16-18-19-21/h3-6,11-12,14,17H,7-10H2,1-2H3. The fourth-order valence-electron chi connectivity index (χ4n) is 2.79. The van der Waals surface area contributed by atoms with Gasteiger partial charge < -0.3 is 10.2 Å². The zero-order valence-corrected chi connectivity index (χ0v) is 12.6. The van der Waals surface area contributed by atoms with Crippen LogP contribution in [0.5, 0.6) is 0 Å². The van der Waals surface area contributed by atoms with Crippen LogP contribution in [-0.4, -0.2) is 50.3 Å². The summed E-state index contributed by atoms with van der Waals surface area (Å²) >= 11 is 0. The molecule has 0 unspecified atom stereocenters. The first-order chi connectivity index (χ1) is 10.2. The quantitative estimate of drug-likeness (QED) is 0.931. The number of aromatic nitrogens is 4. The van der Waals surface area contributed by atoms with E-state index in [0.717, 1.165) is 11.4 Å². The summed E-state index contributed by atoms with van der Waals surface area (Å²) in [6.45, 7) is 6.90. The zero-order chi connectivity index (χ0) is 14.7. The molecule has 0 saturated carbocycles. The summed E-state index contributed by atoms with van der Waals surface area (Å²) in [7, 11) is 0. The van der Waals surface area contributed by atoms with Crippen LogP contribution in [-0.2, 0) is 0 Å². The van der Waals surface area contributed by atoms with Crippen molar-refractivity contribution < 1.29 is 0 Å². The molecule has 21 heavy (non-hydrogen) atoms. The number of piperidine rings is 1. The Morgan fingerprint density at radius 1 is 1.14 bits per heavy atom. The lowest BCUT2D eigenvalue weighted by Crippen LogP contribution is -2.42. The van der Waals surface area contributed by atoms with Crippen LogP contribution >= 0.6 is 0 Å². The van der Waals surface area contributed by atoms with Gasteiger partial charge in [-0.3, -0.25) is 0 Å². The largest absolute Gasteiger partial charge is 0.382 e. The number of nitrogens with one attached hydrogen (secondary N) is 1. The third kappa shape index (κ3) is 3.39. The minimum Gasteiger partial charge on any atom is -0.382 e. The zero-order valence-electron chi connectivity index (χ0n) is 12.6. The van der Waals surface area contributed by atoms with Gasteiger partial charge in [0.25, 0.3) is 0 Å². The van der Waals surface area contributed by atoms with Gasteiger partial charge in [0.15, 0.2) is 0 Å². The molecule has 0 aliphatic carbocycles. The van der Waals surface area contributed by atoms with Crippen LogP contribution < -0.4 is 5.32 Å². The van der Waals surface area contributed by atoms with Crippen molar-refractivity contribution in [1.29, 1.82) is 0 Å². The van der Waals surface area contributed by atoms with Crippen LogP contribution in [0.25, 0.3) is 5.69 Å². The van der Waals surface area contributed by atoms with Gasteiger partial charge in [-0.05, 0) is 61.4 Å². The molecule has 0 atom stereocenters. The van der Waals surface area contributed by atoms with Crippen molar-refractivity contribution in [2.75, 3.05) is 18.4 Å². The van der Waals surface area contributed by atoms with E-state index in [-0.39, 0.29) is 0 Å². The van der Waals surface area contributed by atoms with E-state index in [0.29, 0.717) is 12.1 Å². The van der Waals surface area contributed by atoms with Gasteiger partial charge in [0.2, 0.25) is 0 Å². The number of rotatable bonds is 4. The Kier molecular flexibility index (Phi) is 4.15. The maximum atomic E-state index is 3.89. The molecule has 1 fully saturated rings. The van der Waals surface area contributed by atoms with Crippen molar-refractivity contribution in [3.8, 4) is 5.69 Å². The molecule has 0 bridgehead atoms. The highest BCUT2D eigenvalue weighted by Crippen LogP contribution is 2.19. The molecule has 1 aromatic carbocycles. The lowest BCUT2D eigenvalue weighted by Gasteiger charge is -2.35. The number of tetrazole rings is 1. The first-order valence-electron chi connectivity index (χ1n) is 7.56. The fourth-order valence-corrected chi connectivity index (χ4v) is 2.79. The van der Waals surface area contributed by atoms with Crippen LogP contribution in [0.2, 0.25) is 0 Å². The Hall–Kier alpha value is -1.95. The van der Waals surface area contributed by atoms with E-state index in [4.69, 9.17) is 0 Å². The van der Waals surface area contributed by atoms with Crippen molar-refractivity contribution >= 4 is 5.69 Å². The molecule has 0 amide bonds. The Bertz CT molecular complexity index is 540. The Morgan fingerprint density at radius 2 is 1.86 bits per heavy atom. The van der Waals surface area contributed by atoms with Crippen molar-refractivity contribution in [2.24, 2.45) is 0 Å². The molecule has 3 rings (SSSR count). The first-order valence-corrected chi connectivity index (χ1v) is 7.56. The summed E-state index contributed by atoms with van der Waals surface area (Å²) in [6, 6.07) is 9.46. The smallest absolute Gasteiger partial charge is 0.143 e. The second-order valence-electron chi connectivity index (χ2n) is 5.85. The molecule has 1 saturated heterocycles. The highest BCUT2D eigenvalue weighted by atomic mass is 15.5. The molecule has 1 aliphatic heterocycles. The van der Waals surface area contributed by atoms with Crippen LogP contribution in [0.3, 0.4) is 0 Å². The minimum atomic E-state index is 0.568. The monoisotopic (exact) mass is 286 g/mol. The average Bonchev–Trinajstić information content (AvgIpc) is 3.03. The van der Waals surface area contributed by atoms with Crippen molar-refractivity contribution in [3.05, 3.63) is 30.6 Å². The van der Waals surface area contributed by atoms with Gasteiger partial charge in [-0.2, -0.15) is 0 Å². The summed E-state index contributed by atoms with van der Waals surface area (Å²) in [5.41, 5.74) is 2.13. The summed E-state index contributed by atoms with van der Waals surface area (Å²) in [6.07, 6.45) is 4.00. The summed E-state index contributed by atoms with van der Waals surface area (Å²) in [4.78, 5) is 2.54. The van der Waals surface area contributed by atoms with Crippen LogP contribution in [0.15, 0.2) is 30.6 Å². The molecule has 6 nitrogen and oxygen atoms in total. The second-order valence-corrected chi connectivity index (χ2v) is 5.85. The predicted octanol–water partition coefficient (Wildman–Crippen LogP) is 1.95. The average molecular weight is 286 g/mol. The normalized spacial score (nSPS) is 17.3. The number of anilines is 1. The van der Waals surface area contributed by atoms with E-state index < -0.39 is 0 Å². The summed E-state index contributed by atoms with van der Waals surface area (Å²) in [5, 5.41) is 14.8. The number of nitrogens with zero attached hydrogens (tertiary/aromatic N) is 5. The van der Waals surface area contributed by atoms with Crippen LogP contribution in [0, 0.1) is 0 Å². The molecule has 1 aliphatic rings. The van der Waals surface area contributed by atoms with Gasteiger partial charge in [0.05, 0.1) is 5.69 Å². The van der Waals surface area contributed by atoms with Gasteiger partial charge in [-0.15, -0.1) is 5.10 Å². The maximum Gasteiger partial charge on any atom is 0.143 e. The molecule has 6 heteroatoms. The molecule has 2 heterocycles. The molecule has 1 aromatic heterocycles. The third-order valence-corrected chi connectivity index (χ3v) is 4.11. The summed E-state index contributed by atoms with van der Waals surface area (Å²) < 4.78 is 1.66. The predicted molar refractivity (Wildman–Crippen MR) is 82.5 cm³/mol. The van der Waals surface area contributed by atoms with Crippen LogP contribution in [0.4, 0.5) is 5.69 Å². The SMILES string of the molecule is CC(C)N1CCC(Nc2ccc(-n3cnnn3)cc2)CC1. The first kappa shape index (κ1) is 14.0. The van der Waals surface area contributed by atoms with E-state index in [2.05, 4.69) is 51.7 Å². The van der Waals surface area contributed by atoms with Gasteiger partial charge in [0, 0.05) is 30.9 Å². The highest BCUT2D eigenvalue weighted by molar-refractivity contribution is 5.49. The molecule has 2 aromatic rings. The number of hydrogen-bond acceptors (Lipinski definition) is 5. The van der Waals surface area contributed by atoms with Crippen molar-refractivity contribution in [1.82, 2.24) is 25.1 Å². The number of likely N-dealkylation sites (tertiary alicyclic amines) is 1. The van der Waals surface area contributed by atoms with Crippen molar-refractivity contribution in [2.45, 2.75) is 38.8 Å². The molecule has 0 radical (unpaired) electrons. The van der Waals surface area contributed by atoms with E-state index in [9.17, 15) is 0 Å². The highest BCUT2D eigenvalue weighted by Gasteiger charge is 2.20. The molecular formula is C15H22N6. The molecular weight excluding hydrogens is 264 g/mol. The Labute approximate surface area is 125 Å². The fraction of sp³-hybridized carbons (Fsp3) is 0.533. The lowest BCUT2D eigenvalue weighted by molar-refractivity contribution is 0.177. The van der Waals surface area contributed by atoms with Gasteiger partial charge in [0.1, 0.15) is 6.33 Å². The Morgan fingerprint density at radius 3 is 2.43 bits per heavy atom. The third-order valence-electron chi connectivity index (χ3n) is 4.11. The van der Waals surface area contributed by atoms with Gasteiger partial charge in [-0.25, -0.2) is 4.68 Å². The molecule has 1 N–H and O–H groups in total. The van der Waals surface area contributed by atoms with E-state index in [1.165, 1.54) is 25.9 Å². The van der Waals surface area contributed by atoms with Crippen LogP contribution in [0.1, 0.15) is 26.7 Å².